The second kappa shape index (κ2) is 7.89. The van der Waals surface area contributed by atoms with Gasteiger partial charge in [0.1, 0.15) is 11.9 Å². The topological polar surface area (TPSA) is 53.0 Å². The molecule has 0 bridgehead atoms. The van der Waals surface area contributed by atoms with Gasteiger partial charge in [-0.1, -0.05) is 37.6 Å². The number of aliphatic hydroxyl groups is 1. The van der Waals surface area contributed by atoms with Gasteiger partial charge in [0.25, 0.3) is 0 Å². The van der Waals surface area contributed by atoms with Crippen LogP contribution in [0.4, 0.5) is 10.1 Å². The van der Waals surface area contributed by atoms with Crippen LogP contribution in [0.5, 0.6) is 0 Å². The van der Waals surface area contributed by atoms with Crippen LogP contribution in [0.3, 0.4) is 0 Å². The Morgan fingerprint density at radius 2 is 1.97 bits per heavy atom. The number of fused-ring (bicyclic) bond motifs is 2. The van der Waals surface area contributed by atoms with E-state index in [9.17, 15) is 14.3 Å². The Balaban J connectivity index is 1.28. The average Bonchev–Trinajstić information content (AvgIpc) is 3.06. The quantitative estimate of drug-likeness (QED) is 0.592. The maximum absolute atomic E-state index is 14.1. The Bertz CT molecular complexity index is 881. The smallest absolute Gasteiger partial charge is 0.311 e. The molecule has 168 valence electrons. The second-order valence-corrected chi connectivity index (χ2v) is 10.0. The van der Waals surface area contributed by atoms with E-state index in [1.54, 1.807) is 6.07 Å². The van der Waals surface area contributed by atoms with Crippen molar-refractivity contribution in [2.45, 2.75) is 45.3 Å². The SMILES string of the molecule is C[C@H]1CCC=C2C[C@H]3OC(=O)[C@@H](CN4CCN(c5ccccc5F)CC4)[C@H]3[C@@H](O)[C@@]21C. The minimum atomic E-state index is -0.566. The largest absolute Gasteiger partial charge is 0.461 e. The summed E-state index contributed by atoms with van der Waals surface area (Å²) in [7, 11) is 0. The number of halogens is 1. The standard InChI is InChI=1S/C25H33FN2O3/c1-16-6-5-7-17-14-21-22(23(29)25(16,17)2)18(24(30)31-21)15-27-10-12-28(13-11-27)20-9-4-3-8-19(20)26/h3-4,7-9,16,18,21-23,29H,5-6,10-15H2,1-2H3/t16-,18-,21+,22+,23+,25+/m0/s1. The van der Waals surface area contributed by atoms with Gasteiger partial charge in [0, 0.05) is 50.5 Å². The summed E-state index contributed by atoms with van der Waals surface area (Å²) in [6.45, 7) is 7.99. The van der Waals surface area contributed by atoms with Gasteiger partial charge in [-0.25, -0.2) is 4.39 Å². The molecule has 1 N–H and O–H groups in total. The van der Waals surface area contributed by atoms with Crippen molar-refractivity contribution in [2.24, 2.45) is 23.2 Å². The summed E-state index contributed by atoms with van der Waals surface area (Å²) < 4.78 is 19.9. The van der Waals surface area contributed by atoms with Crippen molar-refractivity contribution in [3.8, 4) is 0 Å². The monoisotopic (exact) mass is 428 g/mol. The van der Waals surface area contributed by atoms with Gasteiger partial charge in [-0.2, -0.15) is 0 Å². The summed E-state index contributed by atoms with van der Waals surface area (Å²) in [5.41, 5.74) is 1.64. The molecule has 0 spiro atoms. The van der Waals surface area contributed by atoms with Gasteiger partial charge in [-0.3, -0.25) is 9.69 Å². The molecule has 0 radical (unpaired) electrons. The van der Waals surface area contributed by atoms with Crippen LogP contribution in [0.15, 0.2) is 35.9 Å². The molecule has 5 nitrogen and oxygen atoms in total. The first kappa shape index (κ1) is 21.0. The zero-order valence-corrected chi connectivity index (χ0v) is 18.5. The fraction of sp³-hybridized carbons (Fsp3) is 0.640. The normalized spacial score (nSPS) is 38.3. The number of carbonyl (C=O) groups excluding carboxylic acids is 1. The average molecular weight is 429 g/mol. The molecule has 6 atom stereocenters. The first-order chi connectivity index (χ1) is 14.9. The van der Waals surface area contributed by atoms with Gasteiger partial charge in [0.15, 0.2) is 0 Å². The third-order valence-electron chi connectivity index (χ3n) is 8.59. The van der Waals surface area contributed by atoms with Crippen LogP contribution in [0.25, 0.3) is 0 Å². The fourth-order valence-electron chi connectivity index (χ4n) is 6.43. The van der Waals surface area contributed by atoms with E-state index < -0.39 is 6.10 Å². The highest BCUT2D eigenvalue weighted by atomic mass is 19.1. The molecule has 1 aromatic rings. The first-order valence-electron chi connectivity index (χ1n) is 11.7. The molecule has 6 heteroatoms. The molecule has 0 amide bonds. The van der Waals surface area contributed by atoms with E-state index in [4.69, 9.17) is 4.74 Å². The van der Waals surface area contributed by atoms with Crippen LogP contribution in [-0.4, -0.2) is 60.9 Å². The number of benzene rings is 1. The zero-order valence-electron chi connectivity index (χ0n) is 18.5. The van der Waals surface area contributed by atoms with Crippen LogP contribution in [0.1, 0.15) is 33.1 Å². The van der Waals surface area contributed by atoms with Gasteiger partial charge < -0.3 is 14.7 Å². The van der Waals surface area contributed by atoms with E-state index in [0.29, 0.717) is 18.2 Å². The lowest BCUT2D eigenvalue weighted by atomic mass is 9.55. The number of aliphatic hydroxyl groups excluding tert-OH is 1. The predicted molar refractivity (Wildman–Crippen MR) is 117 cm³/mol. The summed E-state index contributed by atoms with van der Waals surface area (Å²) in [6, 6.07) is 6.89. The molecule has 2 heterocycles. The molecular weight excluding hydrogens is 395 g/mol. The van der Waals surface area contributed by atoms with Gasteiger partial charge >= 0.3 is 5.97 Å². The van der Waals surface area contributed by atoms with Crippen LogP contribution >= 0.6 is 0 Å². The van der Waals surface area contributed by atoms with E-state index in [0.717, 1.165) is 45.4 Å². The molecule has 4 aliphatic rings. The van der Waals surface area contributed by atoms with E-state index in [-0.39, 0.29) is 35.1 Å². The first-order valence-corrected chi connectivity index (χ1v) is 11.7. The minimum Gasteiger partial charge on any atom is -0.461 e. The van der Waals surface area contributed by atoms with Crippen LogP contribution in [-0.2, 0) is 9.53 Å². The number of piperazine rings is 1. The number of hydrogen-bond acceptors (Lipinski definition) is 5. The number of nitrogens with zero attached hydrogens (tertiary/aromatic N) is 2. The number of carbonyl (C=O) groups is 1. The molecule has 3 fully saturated rings. The second-order valence-electron chi connectivity index (χ2n) is 10.0. The number of allylic oxidation sites excluding steroid dienone is 1. The van der Waals surface area contributed by atoms with Crippen molar-refractivity contribution >= 4 is 11.7 Å². The summed E-state index contributed by atoms with van der Waals surface area (Å²) >= 11 is 0. The molecule has 5 rings (SSSR count). The van der Waals surface area contributed by atoms with Crippen molar-refractivity contribution in [1.82, 2.24) is 4.90 Å². The Labute approximate surface area is 183 Å². The van der Waals surface area contributed by atoms with E-state index in [1.165, 1.54) is 11.6 Å². The van der Waals surface area contributed by atoms with Gasteiger partial charge in [0.2, 0.25) is 0 Å². The lowest BCUT2D eigenvalue weighted by molar-refractivity contribution is -0.145. The fourth-order valence-corrected chi connectivity index (χ4v) is 6.43. The zero-order chi connectivity index (χ0) is 21.8. The highest BCUT2D eigenvalue weighted by Crippen LogP contribution is 2.56. The third-order valence-corrected chi connectivity index (χ3v) is 8.59. The molecule has 0 unspecified atom stereocenters. The number of esters is 1. The predicted octanol–water partition coefficient (Wildman–Crippen LogP) is 3.23. The number of para-hydroxylation sites is 1. The maximum atomic E-state index is 14.1. The summed E-state index contributed by atoms with van der Waals surface area (Å²) in [5, 5.41) is 11.5. The van der Waals surface area contributed by atoms with Gasteiger partial charge in [-0.05, 0) is 30.9 Å². The molecule has 0 aromatic heterocycles. The minimum absolute atomic E-state index is 0.153. The lowest BCUT2D eigenvalue weighted by Crippen LogP contribution is -2.55. The summed E-state index contributed by atoms with van der Waals surface area (Å²) in [4.78, 5) is 17.2. The Morgan fingerprint density at radius 1 is 1.23 bits per heavy atom. The van der Waals surface area contributed by atoms with Crippen molar-refractivity contribution in [1.29, 1.82) is 0 Å². The highest BCUT2D eigenvalue weighted by molar-refractivity contribution is 5.76. The van der Waals surface area contributed by atoms with Crippen molar-refractivity contribution in [2.75, 3.05) is 37.6 Å². The summed E-state index contributed by atoms with van der Waals surface area (Å²) in [6.07, 6.45) is 4.36. The van der Waals surface area contributed by atoms with E-state index >= 15 is 0 Å². The van der Waals surface area contributed by atoms with Crippen molar-refractivity contribution < 1.29 is 19.0 Å². The number of anilines is 1. The number of ether oxygens (including phenoxy) is 1. The van der Waals surface area contributed by atoms with Gasteiger partial charge in [0.05, 0.1) is 17.7 Å². The number of rotatable bonds is 3. The Kier molecular flexibility index (Phi) is 5.33. The Morgan fingerprint density at radius 3 is 2.71 bits per heavy atom. The molecule has 2 saturated heterocycles. The van der Waals surface area contributed by atoms with Crippen molar-refractivity contribution in [3.05, 3.63) is 41.7 Å². The van der Waals surface area contributed by atoms with E-state index in [1.807, 2.05) is 12.1 Å². The molecule has 1 aromatic carbocycles. The van der Waals surface area contributed by atoms with Crippen LogP contribution < -0.4 is 4.90 Å². The highest BCUT2D eigenvalue weighted by Gasteiger charge is 2.59. The third kappa shape index (κ3) is 3.39. The van der Waals surface area contributed by atoms with E-state index in [2.05, 4.69) is 29.7 Å². The molecule has 2 aliphatic carbocycles. The lowest BCUT2D eigenvalue weighted by Gasteiger charge is -2.52. The molecule has 2 aliphatic heterocycles. The number of hydrogen-bond donors (Lipinski definition) is 1. The molecule has 31 heavy (non-hydrogen) atoms. The summed E-state index contributed by atoms with van der Waals surface area (Å²) in [5.74, 6) is -0.417. The van der Waals surface area contributed by atoms with Crippen molar-refractivity contribution in [3.63, 3.8) is 0 Å². The van der Waals surface area contributed by atoms with Crippen LogP contribution in [0, 0.1) is 29.0 Å². The van der Waals surface area contributed by atoms with Gasteiger partial charge in [-0.15, -0.1) is 0 Å². The maximum Gasteiger partial charge on any atom is 0.311 e. The van der Waals surface area contributed by atoms with Crippen LogP contribution in [0.2, 0.25) is 0 Å². The molecule has 1 saturated carbocycles. The Hall–Kier alpha value is -1.92. The molecular formula is C25H33FN2O3.